The third-order valence-corrected chi connectivity index (χ3v) is 6.88. The summed E-state index contributed by atoms with van der Waals surface area (Å²) in [6, 6.07) is 14.0. The average Bonchev–Trinajstić information content (AvgIpc) is 3.17. The van der Waals surface area contributed by atoms with E-state index >= 15 is 0 Å². The van der Waals surface area contributed by atoms with E-state index in [1.165, 1.54) is 11.3 Å². The molecule has 7 heteroatoms. The van der Waals surface area contributed by atoms with Crippen LogP contribution in [0.25, 0.3) is 0 Å². The smallest absolute Gasteiger partial charge is 0.338 e. The van der Waals surface area contributed by atoms with Crippen molar-refractivity contribution in [1.29, 1.82) is 0 Å². The highest BCUT2D eigenvalue weighted by Crippen LogP contribution is 2.39. The van der Waals surface area contributed by atoms with Crippen molar-refractivity contribution in [2.75, 3.05) is 17.2 Å². The number of carbonyl (C=O) groups excluding carboxylic acids is 3. The number of esters is 1. The Hall–Kier alpha value is -3.45. The lowest BCUT2D eigenvalue weighted by atomic mass is 9.95. The number of benzene rings is 2. The number of hydrogen-bond donors (Lipinski definition) is 2. The molecule has 0 radical (unpaired) electrons. The molecule has 170 valence electrons. The maximum absolute atomic E-state index is 13.3. The quantitative estimate of drug-likeness (QED) is 0.466. The van der Waals surface area contributed by atoms with E-state index in [0.717, 1.165) is 41.7 Å². The van der Waals surface area contributed by atoms with E-state index in [1.807, 2.05) is 25.1 Å². The van der Waals surface area contributed by atoms with Gasteiger partial charge in [-0.15, -0.1) is 11.3 Å². The molecule has 2 amide bonds. The fourth-order valence-electron chi connectivity index (χ4n) is 3.99. The number of rotatable bonds is 6. The standard InChI is InChI=1S/C26H26N2O4S/c1-3-32-26(31)17-12-14-18(15-13-17)27-24(30)22-20-10-6-7-11-21(20)33-25(22)28-23(29)19-9-5-4-8-16(19)2/h4-5,8-9,12-15H,3,6-7,10-11H2,1-2H3,(H,27,30)(H,28,29). The monoisotopic (exact) mass is 462 g/mol. The highest BCUT2D eigenvalue weighted by Gasteiger charge is 2.27. The minimum atomic E-state index is -0.400. The van der Waals surface area contributed by atoms with E-state index < -0.39 is 5.97 Å². The van der Waals surface area contributed by atoms with Gasteiger partial charge in [0.1, 0.15) is 5.00 Å². The number of anilines is 2. The van der Waals surface area contributed by atoms with E-state index in [-0.39, 0.29) is 11.8 Å². The third-order valence-electron chi connectivity index (χ3n) is 5.67. The summed E-state index contributed by atoms with van der Waals surface area (Å²) in [7, 11) is 0. The minimum absolute atomic E-state index is 0.223. The first-order chi connectivity index (χ1) is 16.0. The molecule has 1 aliphatic rings. The molecular weight excluding hydrogens is 436 g/mol. The first-order valence-electron chi connectivity index (χ1n) is 11.1. The molecule has 0 saturated heterocycles. The summed E-state index contributed by atoms with van der Waals surface area (Å²) in [6.45, 7) is 3.95. The number of nitrogens with one attached hydrogen (secondary N) is 2. The van der Waals surface area contributed by atoms with Crippen LogP contribution in [0.4, 0.5) is 10.7 Å². The van der Waals surface area contributed by atoms with Crippen LogP contribution >= 0.6 is 11.3 Å². The Kier molecular flexibility index (Phi) is 6.89. The summed E-state index contributed by atoms with van der Waals surface area (Å²) < 4.78 is 5.00. The fraction of sp³-hybridized carbons (Fsp3) is 0.269. The van der Waals surface area contributed by atoms with E-state index in [4.69, 9.17) is 4.74 Å². The van der Waals surface area contributed by atoms with Gasteiger partial charge in [0.15, 0.2) is 0 Å². The highest BCUT2D eigenvalue weighted by atomic mass is 32.1. The van der Waals surface area contributed by atoms with E-state index in [1.54, 1.807) is 37.3 Å². The second kappa shape index (κ2) is 10.0. The SMILES string of the molecule is CCOC(=O)c1ccc(NC(=O)c2c(NC(=O)c3ccccc3C)sc3c2CCCC3)cc1. The first kappa shape index (κ1) is 22.7. The van der Waals surface area contributed by atoms with Crippen molar-refractivity contribution >= 4 is 39.8 Å². The van der Waals surface area contributed by atoms with Crippen molar-refractivity contribution in [3.63, 3.8) is 0 Å². The summed E-state index contributed by atoms with van der Waals surface area (Å²) in [5.41, 5.74) is 4.01. The van der Waals surface area contributed by atoms with Gasteiger partial charge < -0.3 is 15.4 Å². The lowest BCUT2D eigenvalue weighted by molar-refractivity contribution is 0.0526. The zero-order valence-electron chi connectivity index (χ0n) is 18.7. The van der Waals surface area contributed by atoms with Gasteiger partial charge in [0.2, 0.25) is 0 Å². The number of carbonyl (C=O) groups is 3. The highest BCUT2D eigenvalue weighted by molar-refractivity contribution is 7.17. The Morgan fingerprint density at radius 3 is 2.39 bits per heavy atom. The molecule has 0 saturated carbocycles. The van der Waals surface area contributed by atoms with Crippen LogP contribution in [0.1, 0.15) is 66.8 Å². The van der Waals surface area contributed by atoms with E-state index in [0.29, 0.717) is 34.0 Å². The second-order valence-electron chi connectivity index (χ2n) is 7.94. The van der Waals surface area contributed by atoms with Crippen LogP contribution in [-0.2, 0) is 17.6 Å². The van der Waals surface area contributed by atoms with Crippen LogP contribution in [0.5, 0.6) is 0 Å². The van der Waals surface area contributed by atoms with Crippen LogP contribution in [0.3, 0.4) is 0 Å². The van der Waals surface area contributed by atoms with Crippen LogP contribution in [0, 0.1) is 6.92 Å². The summed E-state index contributed by atoms with van der Waals surface area (Å²) in [5, 5.41) is 6.49. The Morgan fingerprint density at radius 2 is 1.67 bits per heavy atom. The molecule has 0 atom stereocenters. The van der Waals surface area contributed by atoms with Gasteiger partial charge in [-0.25, -0.2) is 4.79 Å². The van der Waals surface area contributed by atoms with Gasteiger partial charge in [0, 0.05) is 16.1 Å². The molecule has 0 fully saturated rings. The summed E-state index contributed by atoms with van der Waals surface area (Å²) in [5.74, 6) is -0.888. The predicted octanol–water partition coefficient (Wildman–Crippen LogP) is 5.62. The number of thiophene rings is 1. The Balaban J connectivity index is 1.59. The van der Waals surface area contributed by atoms with Crippen molar-refractivity contribution in [2.45, 2.75) is 39.5 Å². The molecule has 2 N–H and O–H groups in total. The van der Waals surface area contributed by atoms with Crippen LogP contribution in [-0.4, -0.2) is 24.4 Å². The maximum Gasteiger partial charge on any atom is 0.338 e. The maximum atomic E-state index is 13.3. The zero-order valence-corrected chi connectivity index (χ0v) is 19.5. The zero-order chi connectivity index (χ0) is 23.4. The number of amides is 2. The number of ether oxygens (including phenoxy) is 1. The van der Waals surface area contributed by atoms with Gasteiger partial charge in [-0.3, -0.25) is 9.59 Å². The number of aryl methyl sites for hydroxylation is 2. The van der Waals surface area contributed by atoms with Gasteiger partial charge in [-0.2, -0.15) is 0 Å². The van der Waals surface area contributed by atoms with Crippen molar-refractivity contribution in [2.24, 2.45) is 0 Å². The molecule has 1 aromatic heterocycles. The number of fused-ring (bicyclic) bond motifs is 1. The first-order valence-corrected chi connectivity index (χ1v) is 11.9. The Labute approximate surface area is 197 Å². The predicted molar refractivity (Wildman–Crippen MR) is 130 cm³/mol. The Morgan fingerprint density at radius 1 is 0.939 bits per heavy atom. The molecule has 1 aliphatic carbocycles. The molecule has 4 rings (SSSR count). The molecule has 3 aromatic rings. The van der Waals surface area contributed by atoms with Crippen LogP contribution < -0.4 is 10.6 Å². The van der Waals surface area contributed by atoms with Crippen molar-refractivity contribution in [1.82, 2.24) is 0 Å². The second-order valence-corrected chi connectivity index (χ2v) is 9.04. The summed E-state index contributed by atoms with van der Waals surface area (Å²) in [6.07, 6.45) is 3.82. The topological polar surface area (TPSA) is 84.5 Å². The molecule has 0 bridgehead atoms. The lowest BCUT2D eigenvalue weighted by Gasteiger charge is -2.14. The minimum Gasteiger partial charge on any atom is -0.462 e. The lowest BCUT2D eigenvalue weighted by Crippen LogP contribution is -2.19. The molecule has 33 heavy (non-hydrogen) atoms. The van der Waals surface area contributed by atoms with E-state index in [2.05, 4.69) is 10.6 Å². The molecule has 1 heterocycles. The van der Waals surface area contributed by atoms with E-state index in [9.17, 15) is 14.4 Å². The van der Waals surface area contributed by atoms with Gasteiger partial charge in [0.25, 0.3) is 11.8 Å². The van der Waals surface area contributed by atoms with Gasteiger partial charge in [-0.1, -0.05) is 18.2 Å². The largest absolute Gasteiger partial charge is 0.462 e. The average molecular weight is 463 g/mol. The fourth-order valence-corrected chi connectivity index (χ4v) is 5.27. The molecule has 6 nitrogen and oxygen atoms in total. The van der Waals surface area contributed by atoms with Gasteiger partial charge >= 0.3 is 5.97 Å². The normalized spacial score (nSPS) is 12.5. The third kappa shape index (κ3) is 4.98. The van der Waals surface area contributed by atoms with Crippen molar-refractivity contribution < 1.29 is 19.1 Å². The van der Waals surface area contributed by atoms with Crippen LogP contribution in [0.2, 0.25) is 0 Å². The van der Waals surface area contributed by atoms with Gasteiger partial charge in [0.05, 0.1) is 17.7 Å². The van der Waals surface area contributed by atoms with Crippen molar-refractivity contribution in [3.05, 3.63) is 81.2 Å². The summed E-state index contributed by atoms with van der Waals surface area (Å²) in [4.78, 5) is 39.3. The molecule has 0 aliphatic heterocycles. The number of hydrogen-bond acceptors (Lipinski definition) is 5. The van der Waals surface area contributed by atoms with Crippen LogP contribution in [0.15, 0.2) is 48.5 Å². The molecule has 0 unspecified atom stereocenters. The molecular formula is C26H26N2O4S. The molecule has 2 aromatic carbocycles. The molecule has 0 spiro atoms. The van der Waals surface area contributed by atoms with Crippen molar-refractivity contribution in [3.8, 4) is 0 Å². The summed E-state index contributed by atoms with van der Waals surface area (Å²) >= 11 is 1.49. The Bertz CT molecular complexity index is 1200. The van der Waals surface area contributed by atoms with Gasteiger partial charge in [-0.05, 0) is 81.0 Å².